The minimum Gasteiger partial charge on any atom is -0.388 e. The number of hydrogen-bond donors (Lipinski definition) is 2. The highest BCUT2D eigenvalue weighted by Gasteiger charge is 2.46. The van der Waals surface area contributed by atoms with Crippen LogP contribution in [0.15, 0.2) is 54.6 Å². The Morgan fingerprint density at radius 2 is 1.42 bits per heavy atom. The smallest absolute Gasteiger partial charge is 0.0953 e. The monoisotopic (exact) mass is 519 g/mol. The second-order valence-corrected chi connectivity index (χ2v) is 12.2. The first-order valence-electron chi connectivity index (χ1n) is 15.3. The van der Waals surface area contributed by atoms with Gasteiger partial charge >= 0.3 is 0 Å². The SMILES string of the molecule is CN1CCN(c2ccc(C(O)CCCN3CCC(C(O)(c4ccccc4)C4CCCCC4)CC3)cc2)CC1. The summed E-state index contributed by atoms with van der Waals surface area (Å²) in [4.78, 5) is 7.36. The third-order valence-corrected chi connectivity index (χ3v) is 9.77. The molecule has 2 aliphatic heterocycles. The number of rotatable bonds is 9. The van der Waals surface area contributed by atoms with E-state index in [0.717, 1.165) is 95.5 Å². The molecule has 1 saturated carbocycles. The summed E-state index contributed by atoms with van der Waals surface area (Å²) in [5.41, 5.74) is 2.73. The summed E-state index contributed by atoms with van der Waals surface area (Å²) in [6, 6.07) is 19.1. The molecule has 2 atom stereocenters. The molecule has 208 valence electrons. The maximum Gasteiger partial charge on any atom is 0.0953 e. The maximum absolute atomic E-state index is 12.3. The molecular formula is C33H49N3O2. The molecule has 0 radical (unpaired) electrons. The largest absolute Gasteiger partial charge is 0.388 e. The quantitative estimate of drug-likeness (QED) is 0.463. The van der Waals surface area contributed by atoms with E-state index in [1.807, 2.05) is 0 Å². The first kappa shape index (κ1) is 27.6. The van der Waals surface area contributed by atoms with Gasteiger partial charge in [-0.15, -0.1) is 0 Å². The lowest BCUT2D eigenvalue weighted by atomic mass is 9.65. The van der Waals surface area contributed by atoms with Gasteiger partial charge in [-0.25, -0.2) is 0 Å². The van der Waals surface area contributed by atoms with Gasteiger partial charge in [0.25, 0.3) is 0 Å². The molecule has 0 bridgehead atoms. The highest BCUT2D eigenvalue weighted by molar-refractivity contribution is 5.48. The van der Waals surface area contributed by atoms with Crippen LogP contribution in [0.2, 0.25) is 0 Å². The van der Waals surface area contributed by atoms with Gasteiger partial charge in [0.05, 0.1) is 11.7 Å². The Balaban J connectivity index is 1.09. The predicted octanol–water partition coefficient (Wildman–Crippen LogP) is 5.43. The number of piperazine rings is 1. The van der Waals surface area contributed by atoms with Crippen molar-refractivity contribution in [2.45, 2.75) is 69.5 Å². The Kier molecular flexibility index (Phi) is 9.42. The van der Waals surface area contributed by atoms with Crippen molar-refractivity contribution in [1.29, 1.82) is 0 Å². The van der Waals surface area contributed by atoms with Crippen molar-refractivity contribution >= 4 is 5.69 Å². The van der Waals surface area contributed by atoms with Gasteiger partial charge in [0.1, 0.15) is 0 Å². The Labute approximate surface area is 230 Å². The van der Waals surface area contributed by atoms with E-state index in [1.165, 1.54) is 24.9 Å². The lowest BCUT2D eigenvalue weighted by Crippen LogP contribution is -2.48. The van der Waals surface area contributed by atoms with Crippen LogP contribution in [0.5, 0.6) is 0 Å². The van der Waals surface area contributed by atoms with E-state index in [4.69, 9.17) is 0 Å². The molecule has 2 heterocycles. The van der Waals surface area contributed by atoms with Gasteiger partial charge in [-0.3, -0.25) is 0 Å². The van der Waals surface area contributed by atoms with Gasteiger partial charge in [0.15, 0.2) is 0 Å². The molecule has 3 fully saturated rings. The average molecular weight is 520 g/mol. The van der Waals surface area contributed by atoms with Crippen molar-refractivity contribution in [3.05, 3.63) is 65.7 Å². The number of aliphatic hydroxyl groups excluding tert-OH is 1. The molecule has 5 rings (SSSR count). The molecule has 0 amide bonds. The van der Waals surface area contributed by atoms with Crippen LogP contribution in [-0.2, 0) is 5.60 Å². The normalized spacial score (nSPS) is 23.3. The zero-order valence-corrected chi connectivity index (χ0v) is 23.5. The van der Waals surface area contributed by atoms with Crippen LogP contribution in [0.25, 0.3) is 0 Å². The van der Waals surface area contributed by atoms with Gasteiger partial charge < -0.3 is 24.9 Å². The standard InChI is InChI=1S/C33H49N3O2/c1-34-23-25-36(26-24-34)31-16-14-27(15-17-31)32(37)13-8-20-35-21-18-30(19-22-35)33(38,28-9-4-2-5-10-28)29-11-6-3-7-12-29/h2,4-5,9-10,14-17,29-30,32,37-38H,3,6-8,11-13,18-26H2,1H3. The number of aliphatic hydroxyl groups is 2. The summed E-state index contributed by atoms with van der Waals surface area (Å²) < 4.78 is 0. The van der Waals surface area contributed by atoms with E-state index in [1.54, 1.807) is 0 Å². The number of benzene rings is 2. The van der Waals surface area contributed by atoms with Crippen molar-refractivity contribution < 1.29 is 10.2 Å². The summed E-state index contributed by atoms with van der Waals surface area (Å²) in [5.74, 6) is 0.710. The zero-order chi connectivity index (χ0) is 26.4. The van der Waals surface area contributed by atoms with Crippen molar-refractivity contribution in [3.63, 3.8) is 0 Å². The molecule has 2 aromatic rings. The van der Waals surface area contributed by atoms with Crippen molar-refractivity contribution in [3.8, 4) is 0 Å². The molecule has 1 aliphatic carbocycles. The van der Waals surface area contributed by atoms with E-state index < -0.39 is 11.7 Å². The van der Waals surface area contributed by atoms with Crippen LogP contribution in [0, 0.1) is 11.8 Å². The van der Waals surface area contributed by atoms with Crippen molar-refractivity contribution in [2.75, 3.05) is 57.8 Å². The second kappa shape index (κ2) is 13.0. The van der Waals surface area contributed by atoms with E-state index in [9.17, 15) is 10.2 Å². The minimum atomic E-state index is -0.694. The van der Waals surface area contributed by atoms with Crippen LogP contribution in [0.3, 0.4) is 0 Å². The lowest BCUT2D eigenvalue weighted by Gasteiger charge is -2.47. The maximum atomic E-state index is 12.3. The average Bonchev–Trinajstić information content (AvgIpc) is 2.98. The van der Waals surface area contributed by atoms with Gasteiger partial charge in [0.2, 0.25) is 0 Å². The van der Waals surface area contributed by atoms with Crippen LogP contribution in [0.4, 0.5) is 5.69 Å². The zero-order valence-electron chi connectivity index (χ0n) is 23.5. The highest BCUT2D eigenvalue weighted by atomic mass is 16.3. The first-order chi connectivity index (χ1) is 18.5. The topological polar surface area (TPSA) is 50.2 Å². The van der Waals surface area contributed by atoms with Crippen LogP contribution >= 0.6 is 0 Å². The fourth-order valence-electron chi connectivity index (χ4n) is 7.30. The van der Waals surface area contributed by atoms with E-state index in [2.05, 4.69) is 76.3 Å². The molecule has 2 saturated heterocycles. The third-order valence-electron chi connectivity index (χ3n) is 9.77. The Bertz CT molecular complexity index is 961. The first-order valence-corrected chi connectivity index (χ1v) is 15.3. The van der Waals surface area contributed by atoms with Gasteiger partial charge in [0, 0.05) is 31.9 Å². The number of nitrogens with zero attached hydrogens (tertiary/aromatic N) is 3. The summed E-state index contributed by atoms with van der Waals surface area (Å²) in [6.07, 6.45) is 9.62. The predicted molar refractivity (Wildman–Crippen MR) is 156 cm³/mol. The summed E-state index contributed by atoms with van der Waals surface area (Å²) in [7, 11) is 2.18. The minimum absolute atomic E-state index is 0.327. The molecule has 2 N–H and O–H groups in total. The molecule has 3 aliphatic rings. The van der Waals surface area contributed by atoms with Crippen LogP contribution in [-0.4, -0.2) is 72.9 Å². The fraction of sp³-hybridized carbons (Fsp3) is 0.636. The Morgan fingerprint density at radius 1 is 0.789 bits per heavy atom. The summed E-state index contributed by atoms with van der Waals surface area (Å²) >= 11 is 0. The number of anilines is 1. The molecule has 2 unspecified atom stereocenters. The number of piperidine rings is 1. The molecule has 5 nitrogen and oxygen atoms in total. The Hall–Kier alpha value is -1.92. The molecule has 38 heavy (non-hydrogen) atoms. The van der Waals surface area contributed by atoms with Crippen LogP contribution in [0.1, 0.15) is 75.0 Å². The van der Waals surface area contributed by atoms with Crippen LogP contribution < -0.4 is 4.90 Å². The van der Waals surface area contributed by atoms with Gasteiger partial charge in [-0.2, -0.15) is 0 Å². The highest BCUT2D eigenvalue weighted by Crippen LogP contribution is 2.47. The Morgan fingerprint density at radius 3 is 2.08 bits per heavy atom. The number of likely N-dealkylation sites (tertiary alicyclic amines) is 1. The van der Waals surface area contributed by atoms with E-state index in [-0.39, 0.29) is 0 Å². The van der Waals surface area contributed by atoms with E-state index in [0.29, 0.717) is 11.8 Å². The fourth-order valence-corrected chi connectivity index (χ4v) is 7.30. The van der Waals surface area contributed by atoms with Crippen molar-refractivity contribution in [2.24, 2.45) is 11.8 Å². The number of likely N-dealkylation sites (N-methyl/N-ethyl adjacent to an activating group) is 1. The summed E-state index contributed by atoms with van der Waals surface area (Å²) in [6.45, 7) is 7.46. The number of hydrogen-bond acceptors (Lipinski definition) is 5. The van der Waals surface area contributed by atoms with Gasteiger partial charge in [-0.1, -0.05) is 61.7 Å². The summed E-state index contributed by atoms with van der Waals surface area (Å²) in [5, 5.41) is 23.1. The molecular weight excluding hydrogens is 470 g/mol. The van der Waals surface area contributed by atoms with Gasteiger partial charge in [-0.05, 0) is 100 Å². The third kappa shape index (κ3) is 6.44. The second-order valence-electron chi connectivity index (χ2n) is 12.2. The molecule has 5 heteroatoms. The molecule has 0 spiro atoms. The molecule has 2 aromatic carbocycles. The van der Waals surface area contributed by atoms with Crippen molar-refractivity contribution in [1.82, 2.24) is 9.80 Å². The lowest BCUT2D eigenvalue weighted by molar-refractivity contribution is -0.105. The molecule has 0 aromatic heterocycles. The van der Waals surface area contributed by atoms with E-state index >= 15 is 0 Å².